The molecule has 7 heteroatoms. The Morgan fingerprint density at radius 1 is 1.47 bits per heavy atom. The quantitative estimate of drug-likeness (QED) is 0.553. The van der Waals surface area contributed by atoms with E-state index in [-0.39, 0.29) is 11.2 Å². The molecule has 6 nitrogen and oxygen atoms in total. The Bertz CT molecular complexity index is 407. The average Bonchev–Trinajstić information content (AvgIpc) is 2.80. The molecule has 1 heterocycles. The van der Waals surface area contributed by atoms with E-state index >= 15 is 0 Å². The van der Waals surface area contributed by atoms with Crippen LogP contribution in [-0.4, -0.2) is 32.5 Å². The lowest BCUT2D eigenvalue weighted by Gasteiger charge is -2.12. The Balaban J connectivity index is 2.58. The predicted molar refractivity (Wildman–Crippen MR) is 76.8 cm³/mol. The number of unbranched alkanes of at least 4 members (excludes halogenated alkanes) is 1. The van der Waals surface area contributed by atoms with Crippen LogP contribution in [0.3, 0.4) is 0 Å². The molecular formula is C12H23N5OS. The van der Waals surface area contributed by atoms with Crippen LogP contribution in [0.2, 0.25) is 0 Å². The smallest absolute Gasteiger partial charge is 0.233 e. The highest BCUT2D eigenvalue weighted by Gasteiger charge is 2.18. The molecule has 19 heavy (non-hydrogen) atoms. The Morgan fingerprint density at radius 3 is 2.79 bits per heavy atom. The van der Waals surface area contributed by atoms with Gasteiger partial charge in [-0.3, -0.25) is 4.79 Å². The summed E-state index contributed by atoms with van der Waals surface area (Å²) in [5, 5.41) is 11.6. The zero-order valence-corrected chi connectivity index (χ0v) is 12.7. The maximum absolute atomic E-state index is 11.9. The van der Waals surface area contributed by atoms with Gasteiger partial charge in [-0.2, -0.15) is 0 Å². The number of rotatable bonds is 8. The molecule has 0 saturated heterocycles. The normalized spacial score (nSPS) is 12.4. The van der Waals surface area contributed by atoms with Gasteiger partial charge < -0.3 is 15.6 Å². The van der Waals surface area contributed by atoms with E-state index in [0.717, 1.165) is 36.9 Å². The molecule has 1 aromatic rings. The fraction of sp³-hybridized carbons (Fsp3) is 0.750. The third-order valence-corrected chi connectivity index (χ3v) is 3.85. The first-order valence-corrected chi connectivity index (χ1v) is 7.58. The van der Waals surface area contributed by atoms with Crippen molar-refractivity contribution >= 4 is 17.7 Å². The highest BCUT2D eigenvalue weighted by molar-refractivity contribution is 8.00. The van der Waals surface area contributed by atoms with Gasteiger partial charge in [-0.1, -0.05) is 25.1 Å². The zero-order chi connectivity index (χ0) is 14.3. The Morgan fingerprint density at radius 2 is 2.21 bits per heavy atom. The number of nitrogens with two attached hydrogens (primary N) is 1. The van der Waals surface area contributed by atoms with Gasteiger partial charge in [0.2, 0.25) is 5.91 Å². The van der Waals surface area contributed by atoms with Crippen molar-refractivity contribution in [3.05, 3.63) is 5.82 Å². The molecule has 1 atom stereocenters. The number of hydrogen-bond donors (Lipinski definition) is 2. The van der Waals surface area contributed by atoms with E-state index in [0.29, 0.717) is 6.54 Å². The second kappa shape index (κ2) is 8.16. The van der Waals surface area contributed by atoms with Crippen LogP contribution in [0.5, 0.6) is 0 Å². The molecule has 1 unspecified atom stereocenters. The summed E-state index contributed by atoms with van der Waals surface area (Å²) >= 11 is 1.42. The minimum Gasteiger partial charge on any atom is -0.355 e. The van der Waals surface area contributed by atoms with Gasteiger partial charge in [0.1, 0.15) is 5.82 Å². The first-order chi connectivity index (χ1) is 9.13. The van der Waals surface area contributed by atoms with Gasteiger partial charge in [-0.15, -0.1) is 10.2 Å². The van der Waals surface area contributed by atoms with Gasteiger partial charge >= 0.3 is 0 Å². The number of nitrogens with zero attached hydrogens (tertiary/aromatic N) is 3. The molecule has 1 aromatic heterocycles. The number of carbonyl (C=O) groups is 1. The van der Waals surface area contributed by atoms with E-state index in [2.05, 4.69) is 22.4 Å². The minimum absolute atomic E-state index is 0.0402. The second-order valence-electron chi connectivity index (χ2n) is 4.25. The number of thioether (sulfide) groups is 1. The maximum atomic E-state index is 11.9. The van der Waals surface area contributed by atoms with Crippen molar-refractivity contribution in [1.29, 1.82) is 0 Å². The fourth-order valence-corrected chi connectivity index (χ4v) is 2.57. The van der Waals surface area contributed by atoms with E-state index in [1.807, 2.05) is 18.4 Å². The number of carbonyl (C=O) groups excluding carboxylic acids is 1. The van der Waals surface area contributed by atoms with E-state index in [9.17, 15) is 4.79 Å². The van der Waals surface area contributed by atoms with Crippen molar-refractivity contribution in [3.8, 4) is 0 Å². The molecule has 0 bridgehead atoms. The highest BCUT2D eigenvalue weighted by Crippen LogP contribution is 2.22. The van der Waals surface area contributed by atoms with Crippen molar-refractivity contribution in [3.63, 3.8) is 0 Å². The van der Waals surface area contributed by atoms with Crippen LogP contribution >= 0.6 is 11.8 Å². The standard InChI is InChI=1S/C12H23N5OS/c1-4-6-7-14-11(18)9(3)19-12-16-15-10(8-13)17(12)5-2/h9H,4-8,13H2,1-3H3,(H,14,18). The van der Waals surface area contributed by atoms with Crippen LogP contribution in [-0.2, 0) is 17.9 Å². The summed E-state index contributed by atoms with van der Waals surface area (Å²) in [5.74, 6) is 0.794. The summed E-state index contributed by atoms with van der Waals surface area (Å²) in [6.45, 7) is 7.84. The van der Waals surface area contributed by atoms with E-state index in [1.54, 1.807) is 0 Å². The lowest BCUT2D eigenvalue weighted by atomic mass is 10.3. The Labute approximate surface area is 118 Å². The van der Waals surface area contributed by atoms with Gasteiger partial charge in [0.15, 0.2) is 5.16 Å². The SMILES string of the molecule is CCCCNC(=O)C(C)Sc1nnc(CN)n1CC. The van der Waals surface area contributed by atoms with Gasteiger partial charge in [0.05, 0.1) is 11.8 Å². The van der Waals surface area contributed by atoms with Crippen LogP contribution in [0.1, 0.15) is 39.4 Å². The zero-order valence-electron chi connectivity index (χ0n) is 11.8. The van der Waals surface area contributed by atoms with E-state index in [1.165, 1.54) is 11.8 Å². The molecule has 0 radical (unpaired) electrons. The van der Waals surface area contributed by atoms with Crippen molar-refractivity contribution in [1.82, 2.24) is 20.1 Å². The first kappa shape index (κ1) is 16.0. The minimum atomic E-state index is -0.183. The summed E-state index contributed by atoms with van der Waals surface area (Å²) < 4.78 is 1.94. The number of hydrogen-bond acceptors (Lipinski definition) is 5. The van der Waals surface area contributed by atoms with E-state index < -0.39 is 0 Å². The Kier molecular flexibility index (Phi) is 6.86. The lowest BCUT2D eigenvalue weighted by molar-refractivity contribution is -0.120. The molecule has 3 N–H and O–H groups in total. The van der Waals surface area contributed by atoms with Crippen LogP contribution < -0.4 is 11.1 Å². The third-order valence-electron chi connectivity index (χ3n) is 2.77. The molecule has 0 aliphatic rings. The van der Waals surface area contributed by atoms with Gasteiger partial charge in [-0.25, -0.2) is 0 Å². The molecule has 0 aromatic carbocycles. The van der Waals surface area contributed by atoms with Crippen LogP contribution in [0, 0.1) is 0 Å². The maximum Gasteiger partial charge on any atom is 0.233 e. The highest BCUT2D eigenvalue weighted by atomic mass is 32.2. The molecule has 1 rings (SSSR count). The van der Waals surface area contributed by atoms with Crippen molar-refractivity contribution < 1.29 is 4.79 Å². The van der Waals surface area contributed by atoms with E-state index in [4.69, 9.17) is 5.73 Å². The third kappa shape index (κ3) is 4.50. The van der Waals surface area contributed by atoms with Crippen molar-refractivity contribution in [2.45, 2.75) is 57.1 Å². The van der Waals surface area contributed by atoms with Gasteiger partial charge in [0, 0.05) is 13.1 Å². The Hall–Kier alpha value is -1.08. The topological polar surface area (TPSA) is 85.8 Å². The molecular weight excluding hydrogens is 262 g/mol. The van der Waals surface area contributed by atoms with Gasteiger partial charge in [-0.05, 0) is 20.3 Å². The summed E-state index contributed by atoms with van der Waals surface area (Å²) in [7, 11) is 0. The monoisotopic (exact) mass is 285 g/mol. The summed E-state index contributed by atoms with van der Waals surface area (Å²) in [6.07, 6.45) is 2.08. The molecule has 0 fully saturated rings. The van der Waals surface area contributed by atoms with Crippen molar-refractivity contribution in [2.75, 3.05) is 6.54 Å². The molecule has 0 saturated carbocycles. The summed E-state index contributed by atoms with van der Waals surface area (Å²) in [4.78, 5) is 11.9. The first-order valence-electron chi connectivity index (χ1n) is 6.70. The van der Waals surface area contributed by atoms with Gasteiger partial charge in [0.25, 0.3) is 0 Å². The van der Waals surface area contributed by atoms with Crippen LogP contribution in [0.25, 0.3) is 0 Å². The molecule has 108 valence electrons. The van der Waals surface area contributed by atoms with Crippen molar-refractivity contribution in [2.24, 2.45) is 5.73 Å². The van der Waals surface area contributed by atoms with Crippen LogP contribution in [0.15, 0.2) is 5.16 Å². The molecule has 0 spiro atoms. The molecule has 1 amide bonds. The number of amides is 1. The van der Waals surface area contributed by atoms with Crippen LogP contribution in [0.4, 0.5) is 0 Å². The molecule has 0 aliphatic heterocycles. The lowest BCUT2D eigenvalue weighted by Crippen LogP contribution is -2.31. The predicted octanol–water partition coefficient (Wildman–Crippen LogP) is 1.15. The summed E-state index contributed by atoms with van der Waals surface area (Å²) in [5.41, 5.74) is 5.60. The summed E-state index contributed by atoms with van der Waals surface area (Å²) in [6, 6.07) is 0. The largest absolute Gasteiger partial charge is 0.355 e. The number of aromatic nitrogens is 3. The molecule has 0 aliphatic carbocycles. The second-order valence-corrected chi connectivity index (χ2v) is 5.56. The number of nitrogens with one attached hydrogen (secondary N) is 1. The fourth-order valence-electron chi connectivity index (χ4n) is 1.62. The average molecular weight is 285 g/mol.